The van der Waals surface area contributed by atoms with Gasteiger partial charge in [0.2, 0.25) is 0 Å². The normalized spacial score (nSPS) is 15.5. The zero-order chi connectivity index (χ0) is 21.8. The van der Waals surface area contributed by atoms with E-state index in [1.165, 1.54) is 12.1 Å². The van der Waals surface area contributed by atoms with Gasteiger partial charge in [-0.2, -0.15) is 0 Å². The summed E-state index contributed by atoms with van der Waals surface area (Å²) in [5.74, 6) is -0.397. The lowest BCUT2D eigenvalue weighted by atomic mass is 10.0. The largest absolute Gasteiger partial charge is 0.466 e. The molecule has 0 bridgehead atoms. The second-order valence-electron chi connectivity index (χ2n) is 8.16. The summed E-state index contributed by atoms with van der Waals surface area (Å²) in [5, 5.41) is 1.84. The second kappa shape index (κ2) is 9.84. The summed E-state index contributed by atoms with van der Waals surface area (Å²) >= 11 is 6.63. The highest BCUT2D eigenvalue weighted by atomic mass is 35.5. The summed E-state index contributed by atoms with van der Waals surface area (Å²) in [5.41, 5.74) is 3.19. The van der Waals surface area contributed by atoms with Crippen LogP contribution < -0.4 is 0 Å². The third-order valence-corrected chi connectivity index (χ3v) is 6.36. The van der Waals surface area contributed by atoms with Gasteiger partial charge in [0.05, 0.1) is 13.0 Å². The average molecular weight is 443 g/mol. The molecular weight excluding hydrogens is 415 g/mol. The van der Waals surface area contributed by atoms with Gasteiger partial charge >= 0.3 is 5.97 Å². The highest BCUT2D eigenvalue weighted by Gasteiger charge is 2.23. The molecule has 1 saturated heterocycles. The number of nitrogens with zero attached hydrogens (tertiary/aromatic N) is 2. The van der Waals surface area contributed by atoms with Crippen molar-refractivity contribution in [3.05, 3.63) is 70.6 Å². The first-order valence-electron chi connectivity index (χ1n) is 10.9. The second-order valence-corrected chi connectivity index (χ2v) is 8.55. The van der Waals surface area contributed by atoms with Gasteiger partial charge in [-0.05, 0) is 61.6 Å². The zero-order valence-electron chi connectivity index (χ0n) is 17.8. The van der Waals surface area contributed by atoms with Crippen LogP contribution in [0.4, 0.5) is 4.39 Å². The van der Waals surface area contributed by atoms with E-state index in [0.717, 1.165) is 66.1 Å². The molecule has 0 amide bonds. The molecule has 0 N–H and O–H groups in total. The number of aromatic nitrogens is 1. The quantitative estimate of drug-likeness (QED) is 0.458. The Hall–Kier alpha value is -2.37. The van der Waals surface area contributed by atoms with Crippen molar-refractivity contribution >= 4 is 28.5 Å². The Morgan fingerprint density at radius 2 is 1.81 bits per heavy atom. The van der Waals surface area contributed by atoms with Gasteiger partial charge in [0.1, 0.15) is 11.0 Å². The Morgan fingerprint density at radius 3 is 2.52 bits per heavy atom. The van der Waals surface area contributed by atoms with E-state index in [-0.39, 0.29) is 18.2 Å². The van der Waals surface area contributed by atoms with E-state index in [2.05, 4.69) is 15.5 Å². The summed E-state index contributed by atoms with van der Waals surface area (Å²) in [4.78, 5) is 14.3. The van der Waals surface area contributed by atoms with Crippen molar-refractivity contribution < 1.29 is 13.9 Å². The molecule has 0 spiro atoms. The molecule has 3 aromatic rings. The van der Waals surface area contributed by atoms with E-state index >= 15 is 0 Å². The number of ether oxygens (including phenoxy) is 1. The number of piperidine rings is 1. The lowest BCUT2D eigenvalue weighted by Crippen LogP contribution is -2.36. The highest BCUT2D eigenvalue weighted by molar-refractivity contribution is 6.31. The molecule has 1 aliphatic rings. The fourth-order valence-corrected chi connectivity index (χ4v) is 4.78. The Balaban J connectivity index is 1.41. The standard InChI is InChI=1S/C25H28ClFN2O2/c1-2-31-25(30)16-19-3-6-20-17-24(26)29(23(20)15-19)22-10-13-28(14-11-22)12-9-18-4-7-21(27)8-5-18/h3-8,15,17,22H,2,9-14,16H2,1H3. The van der Waals surface area contributed by atoms with Crippen LogP contribution in [0.15, 0.2) is 48.5 Å². The zero-order valence-corrected chi connectivity index (χ0v) is 18.6. The van der Waals surface area contributed by atoms with Crippen LogP contribution in [0.1, 0.15) is 36.9 Å². The van der Waals surface area contributed by atoms with Gasteiger partial charge < -0.3 is 14.2 Å². The molecule has 164 valence electrons. The molecule has 1 fully saturated rings. The molecule has 0 aliphatic carbocycles. The molecular formula is C25H28ClFN2O2. The number of hydrogen-bond donors (Lipinski definition) is 0. The summed E-state index contributed by atoms with van der Waals surface area (Å²) in [6.45, 7) is 5.19. The summed E-state index contributed by atoms with van der Waals surface area (Å²) in [7, 11) is 0. The maximum Gasteiger partial charge on any atom is 0.310 e. The number of esters is 1. The molecule has 4 nitrogen and oxygen atoms in total. The average Bonchev–Trinajstić information content (AvgIpc) is 3.09. The first-order chi connectivity index (χ1) is 15.0. The number of rotatable bonds is 7. The number of likely N-dealkylation sites (tertiary alicyclic amines) is 1. The molecule has 0 radical (unpaired) electrons. The van der Waals surface area contributed by atoms with Gasteiger partial charge in [-0.1, -0.05) is 35.9 Å². The van der Waals surface area contributed by atoms with Crippen molar-refractivity contribution in [1.29, 1.82) is 0 Å². The van der Waals surface area contributed by atoms with Crippen molar-refractivity contribution in [2.24, 2.45) is 0 Å². The smallest absolute Gasteiger partial charge is 0.310 e. The Morgan fingerprint density at radius 1 is 1.10 bits per heavy atom. The van der Waals surface area contributed by atoms with Gasteiger partial charge in [0.25, 0.3) is 0 Å². The van der Waals surface area contributed by atoms with Crippen molar-refractivity contribution in [1.82, 2.24) is 9.47 Å². The predicted octanol–water partition coefficient (Wildman–Crippen LogP) is 5.42. The maximum absolute atomic E-state index is 13.1. The van der Waals surface area contributed by atoms with Crippen LogP contribution in [0.3, 0.4) is 0 Å². The lowest BCUT2D eigenvalue weighted by Gasteiger charge is -2.33. The third kappa shape index (κ3) is 5.28. The van der Waals surface area contributed by atoms with Crippen molar-refractivity contribution in [2.45, 2.75) is 38.6 Å². The maximum atomic E-state index is 13.1. The first kappa shape index (κ1) is 21.8. The molecule has 4 rings (SSSR count). The van der Waals surface area contributed by atoms with Crippen molar-refractivity contribution in [2.75, 3.05) is 26.2 Å². The molecule has 0 unspecified atom stereocenters. The number of benzene rings is 2. The van der Waals surface area contributed by atoms with E-state index in [1.807, 2.05) is 37.3 Å². The molecule has 1 aromatic heterocycles. The van der Waals surface area contributed by atoms with Crippen LogP contribution in [0.5, 0.6) is 0 Å². The fourth-order valence-electron chi connectivity index (χ4n) is 4.43. The van der Waals surface area contributed by atoms with E-state index in [9.17, 15) is 9.18 Å². The van der Waals surface area contributed by atoms with Crippen LogP contribution in [-0.2, 0) is 22.4 Å². The van der Waals surface area contributed by atoms with Gasteiger partial charge in [-0.15, -0.1) is 0 Å². The number of carbonyl (C=O) groups excluding carboxylic acids is 1. The van der Waals surface area contributed by atoms with E-state index in [0.29, 0.717) is 12.6 Å². The predicted molar refractivity (Wildman–Crippen MR) is 122 cm³/mol. The topological polar surface area (TPSA) is 34.5 Å². The molecule has 31 heavy (non-hydrogen) atoms. The minimum atomic E-state index is -0.208. The highest BCUT2D eigenvalue weighted by Crippen LogP contribution is 2.33. The number of halogens is 2. The minimum Gasteiger partial charge on any atom is -0.466 e. The molecule has 0 atom stereocenters. The summed E-state index contributed by atoms with van der Waals surface area (Å²) in [6, 6.07) is 15.2. The Kier molecular flexibility index (Phi) is 6.93. The van der Waals surface area contributed by atoms with E-state index in [1.54, 1.807) is 0 Å². The molecule has 1 aliphatic heterocycles. The minimum absolute atomic E-state index is 0.189. The number of fused-ring (bicyclic) bond motifs is 1. The third-order valence-electron chi connectivity index (χ3n) is 6.07. The lowest BCUT2D eigenvalue weighted by molar-refractivity contribution is -0.142. The SMILES string of the molecule is CCOC(=O)Cc1ccc2cc(Cl)n(C3CCN(CCc4ccc(F)cc4)CC3)c2c1. The molecule has 6 heteroatoms. The van der Waals surface area contributed by atoms with E-state index < -0.39 is 0 Å². The molecule has 2 heterocycles. The van der Waals surface area contributed by atoms with Gasteiger partial charge in [0, 0.05) is 36.6 Å². The van der Waals surface area contributed by atoms with Gasteiger partial charge in [-0.3, -0.25) is 4.79 Å². The fraction of sp³-hybridized carbons (Fsp3) is 0.400. The van der Waals surface area contributed by atoms with Crippen LogP contribution in [0.2, 0.25) is 5.15 Å². The van der Waals surface area contributed by atoms with Crippen LogP contribution in [0, 0.1) is 5.82 Å². The Bertz CT molecular complexity index is 1040. The number of carbonyl (C=O) groups is 1. The van der Waals surface area contributed by atoms with Crippen LogP contribution in [-0.4, -0.2) is 41.7 Å². The van der Waals surface area contributed by atoms with Crippen molar-refractivity contribution in [3.63, 3.8) is 0 Å². The molecule has 0 saturated carbocycles. The van der Waals surface area contributed by atoms with Crippen LogP contribution >= 0.6 is 11.6 Å². The van der Waals surface area contributed by atoms with Crippen LogP contribution in [0.25, 0.3) is 10.9 Å². The summed E-state index contributed by atoms with van der Waals surface area (Å²) < 4.78 is 20.4. The van der Waals surface area contributed by atoms with Gasteiger partial charge in [0.15, 0.2) is 0 Å². The monoisotopic (exact) mass is 442 g/mol. The van der Waals surface area contributed by atoms with Gasteiger partial charge in [-0.25, -0.2) is 4.39 Å². The summed E-state index contributed by atoms with van der Waals surface area (Å²) in [6.07, 6.45) is 3.24. The van der Waals surface area contributed by atoms with Crippen molar-refractivity contribution in [3.8, 4) is 0 Å². The Labute approximate surface area is 187 Å². The molecule has 2 aromatic carbocycles. The first-order valence-corrected chi connectivity index (χ1v) is 11.3. The number of hydrogen-bond acceptors (Lipinski definition) is 3. The van der Waals surface area contributed by atoms with E-state index in [4.69, 9.17) is 16.3 Å².